The molecule has 0 amide bonds. The van der Waals surface area contributed by atoms with Crippen molar-refractivity contribution < 1.29 is 10.2 Å². The highest BCUT2D eigenvalue weighted by molar-refractivity contribution is 5.21. The molecule has 1 aromatic rings. The Morgan fingerprint density at radius 1 is 1.44 bits per heavy atom. The second-order valence-corrected chi connectivity index (χ2v) is 5.51. The van der Waals surface area contributed by atoms with Crippen molar-refractivity contribution in [3.05, 3.63) is 30.1 Å². The van der Waals surface area contributed by atoms with Crippen LogP contribution in [-0.2, 0) is 0 Å². The standard InChI is InChI=1S/C14H22N2O2/c1-9(2)7-16-13-11(6-12(17)14(13)18)10-4-3-5-15-8-10/h3-5,8-9,11-14,16-18H,6-7H2,1-2H3/t11-,12-,13-,14-/m1/s1. The Bertz CT molecular complexity index is 369. The lowest BCUT2D eigenvalue weighted by atomic mass is 9.94. The second-order valence-electron chi connectivity index (χ2n) is 5.51. The minimum Gasteiger partial charge on any atom is -0.390 e. The summed E-state index contributed by atoms with van der Waals surface area (Å²) in [5, 5.41) is 23.3. The molecule has 0 saturated heterocycles. The van der Waals surface area contributed by atoms with Crippen molar-refractivity contribution in [3.63, 3.8) is 0 Å². The molecule has 2 rings (SSSR count). The number of aliphatic hydroxyl groups is 2. The van der Waals surface area contributed by atoms with Crippen LogP contribution in [0.2, 0.25) is 0 Å². The number of aliphatic hydroxyl groups excluding tert-OH is 2. The number of hydrogen-bond acceptors (Lipinski definition) is 4. The SMILES string of the molecule is CC(C)CN[C@H]1[C@H](O)[C@H](O)C[C@@H]1c1cccnc1. The van der Waals surface area contributed by atoms with Gasteiger partial charge >= 0.3 is 0 Å². The smallest absolute Gasteiger partial charge is 0.0957 e. The first-order valence-corrected chi connectivity index (χ1v) is 6.59. The fourth-order valence-corrected chi connectivity index (χ4v) is 2.60. The molecule has 0 radical (unpaired) electrons. The van der Waals surface area contributed by atoms with Crippen molar-refractivity contribution >= 4 is 0 Å². The van der Waals surface area contributed by atoms with Crippen molar-refractivity contribution in [1.29, 1.82) is 0 Å². The third-order valence-electron chi connectivity index (χ3n) is 3.57. The molecule has 1 saturated carbocycles. The first-order valence-electron chi connectivity index (χ1n) is 6.59. The maximum atomic E-state index is 10.1. The van der Waals surface area contributed by atoms with Gasteiger partial charge in [0.05, 0.1) is 12.2 Å². The van der Waals surface area contributed by atoms with Gasteiger partial charge in [-0.25, -0.2) is 0 Å². The molecule has 4 atom stereocenters. The van der Waals surface area contributed by atoms with Gasteiger partial charge in [-0.2, -0.15) is 0 Å². The summed E-state index contributed by atoms with van der Waals surface area (Å²) in [6.45, 7) is 5.10. The Morgan fingerprint density at radius 3 is 2.83 bits per heavy atom. The Kier molecular flexibility index (Phi) is 4.32. The van der Waals surface area contributed by atoms with Gasteiger partial charge in [-0.1, -0.05) is 19.9 Å². The van der Waals surface area contributed by atoms with E-state index in [-0.39, 0.29) is 12.0 Å². The summed E-state index contributed by atoms with van der Waals surface area (Å²) < 4.78 is 0. The molecule has 4 heteroatoms. The molecule has 1 aliphatic rings. The lowest BCUT2D eigenvalue weighted by Gasteiger charge is -2.24. The van der Waals surface area contributed by atoms with E-state index in [0.717, 1.165) is 12.1 Å². The average molecular weight is 250 g/mol. The predicted molar refractivity (Wildman–Crippen MR) is 70.2 cm³/mol. The molecule has 4 nitrogen and oxygen atoms in total. The van der Waals surface area contributed by atoms with Crippen LogP contribution in [0.4, 0.5) is 0 Å². The fourth-order valence-electron chi connectivity index (χ4n) is 2.60. The van der Waals surface area contributed by atoms with E-state index in [1.807, 2.05) is 18.3 Å². The van der Waals surface area contributed by atoms with E-state index in [1.165, 1.54) is 0 Å². The summed E-state index contributed by atoms with van der Waals surface area (Å²) in [5.41, 5.74) is 1.08. The zero-order valence-corrected chi connectivity index (χ0v) is 11.0. The highest BCUT2D eigenvalue weighted by Gasteiger charge is 2.41. The molecule has 0 aromatic carbocycles. The molecule has 1 aliphatic carbocycles. The van der Waals surface area contributed by atoms with Crippen molar-refractivity contribution in [2.24, 2.45) is 5.92 Å². The monoisotopic (exact) mass is 250 g/mol. The molecule has 1 aromatic heterocycles. The summed E-state index contributed by atoms with van der Waals surface area (Å²) >= 11 is 0. The van der Waals surface area contributed by atoms with Crippen LogP contribution >= 0.6 is 0 Å². The van der Waals surface area contributed by atoms with Gasteiger partial charge in [-0.15, -0.1) is 0 Å². The maximum Gasteiger partial charge on any atom is 0.0957 e. The van der Waals surface area contributed by atoms with Crippen LogP contribution in [0.1, 0.15) is 31.7 Å². The average Bonchev–Trinajstić information content (AvgIpc) is 2.64. The Morgan fingerprint density at radius 2 is 2.22 bits per heavy atom. The van der Waals surface area contributed by atoms with Crippen LogP contribution in [0, 0.1) is 5.92 Å². The van der Waals surface area contributed by atoms with Crippen LogP contribution in [0.15, 0.2) is 24.5 Å². The van der Waals surface area contributed by atoms with E-state index in [2.05, 4.69) is 24.1 Å². The second kappa shape index (κ2) is 5.78. The largest absolute Gasteiger partial charge is 0.390 e. The highest BCUT2D eigenvalue weighted by Crippen LogP contribution is 2.34. The normalized spacial score (nSPS) is 32.1. The zero-order chi connectivity index (χ0) is 13.1. The van der Waals surface area contributed by atoms with Crippen LogP contribution < -0.4 is 5.32 Å². The number of aromatic nitrogens is 1. The molecule has 0 unspecified atom stereocenters. The van der Waals surface area contributed by atoms with Crippen LogP contribution in [-0.4, -0.2) is 40.0 Å². The molecule has 0 bridgehead atoms. The molecule has 1 heterocycles. The van der Waals surface area contributed by atoms with E-state index < -0.39 is 12.2 Å². The Hall–Kier alpha value is -0.970. The lowest BCUT2D eigenvalue weighted by Crippen LogP contribution is -2.43. The summed E-state index contributed by atoms with van der Waals surface area (Å²) in [6.07, 6.45) is 2.79. The van der Waals surface area contributed by atoms with Crippen LogP contribution in [0.5, 0.6) is 0 Å². The predicted octanol–water partition coefficient (Wildman–Crippen LogP) is 0.905. The Labute approximate surface area is 108 Å². The van der Waals surface area contributed by atoms with E-state index in [4.69, 9.17) is 0 Å². The van der Waals surface area contributed by atoms with E-state index in [9.17, 15) is 10.2 Å². The molecule has 18 heavy (non-hydrogen) atoms. The number of nitrogens with one attached hydrogen (secondary N) is 1. The molecule has 1 fully saturated rings. The zero-order valence-electron chi connectivity index (χ0n) is 11.0. The number of rotatable bonds is 4. The van der Waals surface area contributed by atoms with Gasteiger partial charge in [-0.05, 0) is 30.5 Å². The van der Waals surface area contributed by atoms with Gasteiger partial charge in [0.2, 0.25) is 0 Å². The third-order valence-corrected chi connectivity index (χ3v) is 3.57. The van der Waals surface area contributed by atoms with Gasteiger partial charge in [0, 0.05) is 24.4 Å². The molecular formula is C14H22N2O2. The van der Waals surface area contributed by atoms with Gasteiger partial charge < -0.3 is 15.5 Å². The van der Waals surface area contributed by atoms with E-state index >= 15 is 0 Å². The van der Waals surface area contributed by atoms with E-state index in [1.54, 1.807) is 6.20 Å². The van der Waals surface area contributed by atoms with Crippen LogP contribution in [0.25, 0.3) is 0 Å². The molecule has 3 N–H and O–H groups in total. The topological polar surface area (TPSA) is 65.4 Å². The minimum absolute atomic E-state index is 0.0911. The molecule has 100 valence electrons. The number of hydrogen-bond donors (Lipinski definition) is 3. The number of nitrogens with zero attached hydrogens (tertiary/aromatic N) is 1. The van der Waals surface area contributed by atoms with Gasteiger partial charge in [0.25, 0.3) is 0 Å². The first kappa shape index (κ1) is 13.5. The fraction of sp³-hybridized carbons (Fsp3) is 0.643. The molecule has 0 spiro atoms. The molecule has 0 aliphatic heterocycles. The van der Waals surface area contributed by atoms with Crippen molar-refractivity contribution in [1.82, 2.24) is 10.3 Å². The Balaban J connectivity index is 2.12. The highest BCUT2D eigenvalue weighted by atomic mass is 16.3. The quantitative estimate of drug-likeness (QED) is 0.743. The first-order chi connectivity index (χ1) is 8.59. The van der Waals surface area contributed by atoms with Gasteiger partial charge in [0.1, 0.15) is 0 Å². The number of pyridine rings is 1. The van der Waals surface area contributed by atoms with Crippen LogP contribution in [0.3, 0.4) is 0 Å². The minimum atomic E-state index is -0.700. The summed E-state index contributed by atoms with van der Waals surface area (Å²) in [4.78, 5) is 4.12. The maximum absolute atomic E-state index is 10.1. The van der Waals surface area contributed by atoms with Gasteiger partial charge in [0.15, 0.2) is 0 Å². The van der Waals surface area contributed by atoms with E-state index in [0.29, 0.717) is 12.3 Å². The van der Waals surface area contributed by atoms with Crippen molar-refractivity contribution in [2.75, 3.05) is 6.54 Å². The summed E-state index contributed by atoms with van der Waals surface area (Å²) in [7, 11) is 0. The molecular weight excluding hydrogens is 228 g/mol. The lowest BCUT2D eigenvalue weighted by molar-refractivity contribution is 0.0296. The van der Waals surface area contributed by atoms with Crippen molar-refractivity contribution in [3.8, 4) is 0 Å². The van der Waals surface area contributed by atoms with Crippen molar-refractivity contribution in [2.45, 2.75) is 44.4 Å². The summed E-state index contributed by atoms with van der Waals surface area (Å²) in [5.74, 6) is 0.645. The summed E-state index contributed by atoms with van der Waals surface area (Å²) in [6, 6.07) is 3.81. The third kappa shape index (κ3) is 2.88. The van der Waals surface area contributed by atoms with Gasteiger partial charge in [-0.3, -0.25) is 4.98 Å².